The Kier molecular flexibility index (Phi) is 5.75. The predicted molar refractivity (Wildman–Crippen MR) is 104 cm³/mol. The molecule has 0 saturated heterocycles. The maximum Gasteiger partial charge on any atom is 0.128 e. The van der Waals surface area contributed by atoms with Crippen molar-refractivity contribution in [3.8, 4) is 6.07 Å². The highest BCUT2D eigenvalue weighted by Crippen LogP contribution is 2.37. The van der Waals surface area contributed by atoms with E-state index in [9.17, 15) is 8.60 Å². The fraction of sp³-hybridized carbons (Fsp3) is 0.250. The number of hydrogen-bond acceptors (Lipinski definition) is 2. The zero-order chi connectivity index (χ0) is 18.7. The lowest BCUT2D eigenvalue weighted by Gasteiger charge is -2.17. The first kappa shape index (κ1) is 18.6. The van der Waals surface area contributed by atoms with Gasteiger partial charge in [0.25, 0.3) is 0 Å². The van der Waals surface area contributed by atoms with Gasteiger partial charge < -0.3 is 4.98 Å². The molecule has 0 radical (unpaired) electrons. The Morgan fingerprint density at radius 2 is 2.12 bits per heavy atom. The molecule has 3 rings (SSSR count). The molecule has 6 heteroatoms. The molecular formula is C20H18ClFN2OS. The van der Waals surface area contributed by atoms with Crippen molar-refractivity contribution in [2.45, 2.75) is 24.5 Å². The van der Waals surface area contributed by atoms with Crippen LogP contribution in [0, 0.1) is 17.1 Å². The molecular weight excluding hydrogens is 371 g/mol. The number of H-pyrrole nitrogens is 1. The molecule has 26 heavy (non-hydrogen) atoms. The molecule has 0 bridgehead atoms. The summed E-state index contributed by atoms with van der Waals surface area (Å²) in [5.74, 6) is -0.182. The molecule has 0 amide bonds. The summed E-state index contributed by atoms with van der Waals surface area (Å²) in [5.41, 5.74) is 3.33. The number of fused-ring (bicyclic) bond motifs is 1. The van der Waals surface area contributed by atoms with Gasteiger partial charge in [-0.25, -0.2) is 4.39 Å². The molecule has 2 atom stereocenters. The molecule has 0 spiro atoms. The Bertz CT molecular complexity index is 1010. The molecule has 0 aliphatic heterocycles. The van der Waals surface area contributed by atoms with Crippen molar-refractivity contribution in [1.29, 1.82) is 5.26 Å². The number of nitriles is 1. The molecule has 0 aliphatic carbocycles. The Balaban J connectivity index is 2.13. The highest BCUT2D eigenvalue weighted by molar-refractivity contribution is 7.83. The number of aromatic amines is 1. The van der Waals surface area contributed by atoms with Crippen LogP contribution in [0.3, 0.4) is 0 Å². The minimum absolute atomic E-state index is 0.261. The third kappa shape index (κ3) is 3.82. The lowest BCUT2D eigenvalue weighted by atomic mass is 9.87. The van der Waals surface area contributed by atoms with Gasteiger partial charge in [0.05, 0.1) is 11.8 Å². The Morgan fingerprint density at radius 1 is 1.31 bits per heavy atom. The number of nitrogens with one attached hydrogen (secondary N) is 1. The highest BCUT2D eigenvalue weighted by Gasteiger charge is 2.22. The summed E-state index contributed by atoms with van der Waals surface area (Å²) in [4.78, 5) is 3.25. The molecule has 1 heterocycles. The van der Waals surface area contributed by atoms with Crippen molar-refractivity contribution in [1.82, 2.24) is 4.98 Å². The quantitative estimate of drug-likeness (QED) is 0.625. The number of nitrogens with zero attached hydrogens (tertiary/aromatic N) is 1. The molecule has 3 nitrogen and oxygen atoms in total. The molecule has 134 valence electrons. The monoisotopic (exact) mass is 388 g/mol. The Hall–Kier alpha value is -2.16. The van der Waals surface area contributed by atoms with E-state index < -0.39 is 10.8 Å². The van der Waals surface area contributed by atoms with Gasteiger partial charge in [-0.05, 0) is 35.2 Å². The second-order valence-corrected chi connectivity index (χ2v) is 8.09. The van der Waals surface area contributed by atoms with Gasteiger partial charge in [0.1, 0.15) is 5.82 Å². The van der Waals surface area contributed by atoms with E-state index in [1.54, 1.807) is 18.4 Å². The summed E-state index contributed by atoms with van der Waals surface area (Å²) in [6.45, 7) is 0. The van der Waals surface area contributed by atoms with Crippen molar-refractivity contribution >= 4 is 33.3 Å². The summed E-state index contributed by atoms with van der Waals surface area (Å²) in [6, 6.07) is 12.6. The van der Waals surface area contributed by atoms with E-state index in [-0.39, 0.29) is 11.7 Å². The third-order valence-electron chi connectivity index (χ3n) is 4.45. The second kappa shape index (κ2) is 8.03. The SMILES string of the molecule is CS(=O)Cc1cccc2c(C(CCC#N)c3ccc(Cl)cc3F)c[nH]c12. The van der Waals surface area contributed by atoms with Crippen molar-refractivity contribution < 1.29 is 8.60 Å². The van der Waals surface area contributed by atoms with Crippen molar-refractivity contribution in [3.63, 3.8) is 0 Å². The van der Waals surface area contributed by atoms with E-state index in [2.05, 4.69) is 11.1 Å². The molecule has 0 saturated carbocycles. The topological polar surface area (TPSA) is 56.6 Å². The smallest absolute Gasteiger partial charge is 0.128 e. The first-order valence-electron chi connectivity index (χ1n) is 8.22. The van der Waals surface area contributed by atoms with Gasteiger partial charge in [-0.2, -0.15) is 5.26 Å². The standard InChI is InChI=1S/C20H18ClFN2OS/c1-26(25)12-13-4-2-5-17-18(11-24-20(13)17)15(6-3-9-23)16-8-7-14(21)10-19(16)22/h2,4-5,7-8,10-11,15,24H,3,6,12H2,1H3. The van der Waals surface area contributed by atoms with Crippen molar-refractivity contribution in [3.05, 3.63) is 70.1 Å². The number of benzene rings is 2. The Morgan fingerprint density at radius 3 is 2.81 bits per heavy atom. The van der Waals surface area contributed by atoms with E-state index in [1.165, 1.54) is 6.07 Å². The van der Waals surface area contributed by atoms with E-state index in [1.807, 2.05) is 24.4 Å². The van der Waals surface area contributed by atoms with Gasteiger partial charge in [0.2, 0.25) is 0 Å². The zero-order valence-electron chi connectivity index (χ0n) is 14.3. The molecule has 2 aromatic carbocycles. The number of hydrogen-bond donors (Lipinski definition) is 1. The average Bonchev–Trinajstić information content (AvgIpc) is 3.01. The average molecular weight is 389 g/mol. The van der Waals surface area contributed by atoms with Crippen molar-refractivity contribution in [2.24, 2.45) is 0 Å². The molecule has 2 unspecified atom stereocenters. The largest absolute Gasteiger partial charge is 0.361 e. The van der Waals surface area contributed by atoms with Gasteiger partial charge in [0.15, 0.2) is 0 Å². The normalized spacial score (nSPS) is 13.5. The fourth-order valence-electron chi connectivity index (χ4n) is 3.34. The number of aromatic nitrogens is 1. The highest BCUT2D eigenvalue weighted by atomic mass is 35.5. The van der Waals surface area contributed by atoms with Gasteiger partial charge >= 0.3 is 0 Å². The third-order valence-corrected chi connectivity index (χ3v) is 5.40. The van der Waals surface area contributed by atoms with Crippen LogP contribution in [0.5, 0.6) is 0 Å². The van der Waals surface area contributed by atoms with Gasteiger partial charge in [-0.1, -0.05) is 35.9 Å². The van der Waals surface area contributed by atoms with Crippen LogP contribution in [0.1, 0.15) is 35.4 Å². The van der Waals surface area contributed by atoms with Crippen LogP contribution in [-0.2, 0) is 16.6 Å². The summed E-state index contributed by atoms with van der Waals surface area (Å²) in [6.07, 6.45) is 4.36. The van der Waals surface area contributed by atoms with Crippen LogP contribution < -0.4 is 0 Å². The molecule has 0 aliphatic rings. The molecule has 1 N–H and O–H groups in total. The van der Waals surface area contributed by atoms with Gasteiger partial charge in [-0.15, -0.1) is 0 Å². The zero-order valence-corrected chi connectivity index (χ0v) is 15.8. The van der Waals surface area contributed by atoms with E-state index in [4.69, 9.17) is 16.9 Å². The summed E-state index contributed by atoms with van der Waals surface area (Å²) >= 11 is 5.89. The maximum atomic E-state index is 14.6. The van der Waals surface area contributed by atoms with Crippen LogP contribution >= 0.6 is 11.6 Å². The molecule has 0 fully saturated rings. The van der Waals surface area contributed by atoms with Crippen LogP contribution in [-0.4, -0.2) is 15.4 Å². The van der Waals surface area contributed by atoms with E-state index in [0.717, 1.165) is 22.0 Å². The fourth-order valence-corrected chi connectivity index (χ4v) is 4.18. The first-order chi connectivity index (χ1) is 12.5. The lowest BCUT2D eigenvalue weighted by Crippen LogP contribution is -2.03. The van der Waals surface area contributed by atoms with Crippen LogP contribution in [0.4, 0.5) is 4.39 Å². The van der Waals surface area contributed by atoms with E-state index in [0.29, 0.717) is 29.2 Å². The summed E-state index contributed by atoms with van der Waals surface area (Å²) in [7, 11) is -0.959. The minimum atomic E-state index is -0.959. The minimum Gasteiger partial charge on any atom is -0.361 e. The van der Waals surface area contributed by atoms with E-state index >= 15 is 0 Å². The molecule has 1 aromatic heterocycles. The number of rotatable bonds is 6. The second-order valence-electron chi connectivity index (χ2n) is 6.22. The summed E-state index contributed by atoms with van der Waals surface area (Å²) < 4.78 is 26.2. The van der Waals surface area contributed by atoms with Crippen LogP contribution in [0.15, 0.2) is 42.6 Å². The Labute approximate surface area is 159 Å². The van der Waals surface area contributed by atoms with Gasteiger partial charge in [0, 0.05) is 51.5 Å². The maximum absolute atomic E-state index is 14.6. The molecule has 3 aromatic rings. The first-order valence-corrected chi connectivity index (χ1v) is 10.3. The lowest BCUT2D eigenvalue weighted by molar-refractivity contribution is 0.588. The summed E-state index contributed by atoms with van der Waals surface area (Å²) in [5, 5.41) is 10.3. The van der Waals surface area contributed by atoms with Crippen LogP contribution in [0.2, 0.25) is 5.02 Å². The predicted octanol–water partition coefficient (Wildman–Crippen LogP) is 5.27. The van der Waals surface area contributed by atoms with Crippen molar-refractivity contribution in [2.75, 3.05) is 6.26 Å². The number of halogens is 2. The van der Waals surface area contributed by atoms with Crippen LogP contribution in [0.25, 0.3) is 10.9 Å². The number of para-hydroxylation sites is 1. The van der Waals surface area contributed by atoms with Gasteiger partial charge in [-0.3, -0.25) is 4.21 Å².